The third-order valence-corrected chi connectivity index (χ3v) is 14.3. The lowest BCUT2D eigenvalue weighted by atomic mass is 9.85. The minimum absolute atomic E-state index is 0.0700. The second kappa shape index (κ2) is 24.4. The fourth-order valence-electron chi connectivity index (χ4n) is 10.0. The van der Waals surface area contributed by atoms with Crippen molar-refractivity contribution in [1.82, 2.24) is 51.8 Å². The van der Waals surface area contributed by atoms with Crippen molar-refractivity contribution >= 4 is 98.4 Å². The number of carboxylic acids is 3. The topological polar surface area (TPSA) is 361 Å². The van der Waals surface area contributed by atoms with Gasteiger partial charge < -0.3 is 57.2 Å². The van der Waals surface area contributed by atoms with Gasteiger partial charge in [-0.05, 0) is 86.4 Å². The lowest BCUT2D eigenvalue weighted by molar-refractivity contribution is -0.142. The van der Waals surface area contributed by atoms with Gasteiger partial charge in [-0.25, -0.2) is 4.98 Å². The first-order chi connectivity index (χ1) is 36.4. The number of aliphatic carboxylic acids is 3. The van der Waals surface area contributed by atoms with Crippen LogP contribution in [0.2, 0.25) is 0 Å². The molecule has 410 valence electrons. The van der Waals surface area contributed by atoms with Gasteiger partial charge in [-0.2, -0.15) is 0 Å². The Morgan fingerprint density at radius 2 is 1.38 bits per heavy atom. The fraction of sp³-hybridized carbons (Fsp3) is 0.444. The lowest BCUT2D eigenvalue weighted by Crippen LogP contribution is -2.59. The summed E-state index contributed by atoms with van der Waals surface area (Å²) in [4.78, 5) is 146. The Morgan fingerprint density at radius 3 is 1.99 bits per heavy atom. The maximum absolute atomic E-state index is 13.8. The van der Waals surface area contributed by atoms with Gasteiger partial charge >= 0.3 is 17.9 Å². The van der Waals surface area contributed by atoms with Crippen LogP contribution in [0.3, 0.4) is 0 Å². The maximum Gasteiger partial charge on any atom is 0.305 e. The number of carbonyl (C=O) groups is 10. The summed E-state index contributed by atoms with van der Waals surface area (Å²) < 4.78 is 0. The van der Waals surface area contributed by atoms with Gasteiger partial charge in [0.2, 0.25) is 35.4 Å². The van der Waals surface area contributed by atoms with Crippen LogP contribution in [-0.2, 0) is 49.6 Å². The van der Waals surface area contributed by atoms with E-state index in [0.29, 0.717) is 28.0 Å². The highest BCUT2D eigenvalue weighted by atomic mass is 16.4. The zero-order valence-corrected chi connectivity index (χ0v) is 44.2. The number of allylic oxidation sites excluding steroid dienone is 2. The third kappa shape index (κ3) is 13.1. The largest absolute Gasteiger partial charge is 0.481 e. The van der Waals surface area contributed by atoms with Gasteiger partial charge in [-0.15, -0.1) is 0 Å². The van der Waals surface area contributed by atoms with E-state index in [2.05, 4.69) is 55.4 Å². The molecule has 4 unspecified atom stereocenters. The second-order valence-electron chi connectivity index (χ2n) is 19.8. The van der Waals surface area contributed by atoms with Crippen molar-refractivity contribution in [3.05, 3.63) is 75.4 Å². The number of nitrogens with one attached hydrogen (secondary N) is 8. The number of nitrogens with zero attached hydrogens (tertiary/aromatic N) is 2. The summed E-state index contributed by atoms with van der Waals surface area (Å²) >= 11 is 0. The molecule has 0 aromatic carbocycles. The number of fused-ring (bicyclic) bond motifs is 8. The zero-order chi connectivity index (χ0) is 56.7. The van der Waals surface area contributed by atoms with Gasteiger partial charge in [0.25, 0.3) is 0 Å². The number of hydrogen-bond donors (Lipinski definition) is 11. The van der Waals surface area contributed by atoms with Crippen LogP contribution in [0.1, 0.15) is 147 Å². The predicted molar refractivity (Wildman–Crippen MR) is 283 cm³/mol. The van der Waals surface area contributed by atoms with Crippen LogP contribution in [0.25, 0.3) is 39.3 Å². The second-order valence-corrected chi connectivity index (χ2v) is 19.8. The molecule has 8 bridgehead atoms. The number of likely N-dealkylation sites (N-methyl/N-ethyl adjacent to an activating group) is 1. The molecule has 1 aliphatic carbocycles. The van der Waals surface area contributed by atoms with Crippen LogP contribution in [0.5, 0.6) is 0 Å². The van der Waals surface area contributed by atoms with Crippen LogP contribution in [0, 0.1) is 19.8 Å². The zero-order valence-electron chi connectivity index (χ0n) is 44.2. The SMILES string of the molecule is C=Cc1c(C)c2cc3nc(c4c5[nH]c(cc6nc(cc1[nH]2)C(C)=C6CC)c(C)c5C(=O)C4)[C@@H](CCC(=O)NCC(=O)NC(CC(=O)O)C(=O)NC(CCC(=O)O)C(=O)NC(C(=O)NC(CC(=O)O)C(=O)NC)C(C)C)[C@H]3C. The number of H-pyrrole nitrogens is 2. The number of aryl methyl sites for hydroxylation is 2. The minimum atomic E-state index is -1.84. The summed E-state index contributed by atoms with van der Waals surface area (Å²) in [6.45, 7) is 16.4. The number of amides is 6. The van der Waals surface area contributed by atoms with Crippen molar-refractivity contribution < 1.29 is 63.3 Å². The van der Waals surface area contributed by atoms with Crippen LogP contribution in [-0.4, -0.2) is 132 Å². The van der Waals surface area contributed by atoms with Gasteiger partial charge in [0.05, 0.1) is 42.0 Å². The van der Waals surface area contributed by atoms with Crippen molar-refractivity contribution in [3.8, 4) is 0 Å². The van der Waals surface area contributed by atoms with Crippen molar-refractivity contribution in [1.29, 1.82) is 0 Å². The molecule has 0 saturated heterocycles. The number of rotatable bonds is 23. The maximum atomic E-state index is 13.8. The Labute approximate surface area is 443 Å². The van der Waals surface area contributed by atoms with E-state index in [0.717, 1.165) is 62.2 Å². The Bertz CT molecular complexity index is 3170. The molecular formula is C54H66N10O13. The molecule has 0 saturated carbocycles. The van der Waals surface area contributed by atoms with Crippen LogP contribution in [0.15, 0.2) is 24.8 Å². The van der Waals surface area contributed by atoms with Crippen LogP contribution in [0.4, 0.5) is 0 Å². The van der Waals surface area contributed by atoms with E-state index in [9.17, 15) is 63.3 Å². The van der Waals surface area contributed by atoms with Crippen molar-refractivity contribution in [2.45, 2.75) is 136 Å². The molecule has 2 aliphatic heterocycles. The number of aromatic amines is 2. The number of hydrogen-bond acceptors (Lipinski definition) is 12. The fourth-order valence-corrected chi connectivity index (χ4v) is 10.0. The molecule has 0 spiro atoms. The molecule has 0 radical (unpaired) electrons. The first-order valence-electron chi connectivity index (χ1n) is 25.3. The van der Waals surface area contributed by atoms with Gasteiger partial charge in [0.1, 0.15) is 24.2 Å². The molecular weight excluding hydrogens is 997 g/mol. The normalized spacial score (nSPS) is 16.2. The Hall–Kier alpha value is -8.50. The Kier molecular flexibility index (Phi) is 18.3. The Balaban J connectivity index is 1.20. The average Bonchev–Trinajstić information content (AvgIpc) is 4.13. The molecule has 3 aliphatic rings. The molecule has 23 nitrogen and oxygen atoms in total. The molecule has 0 fully saturated rings. The number of aromatic nitrogens is 4. The first kappa shape index (κ1) is 57.8. The lowest BCUT2D eigenvalue weighted by Gasteiger charge is -2.27. The molecule has 6 atom stereocenters. The van der Waals surface area contributed by atoms with E-state index in [1.807, 2.05) is 45.9 Å². The molecule has 5 heterocycles. The van der Waals surface area contributed by atoms with Crippen molar-refractivity contribution in [2.24, 2.45) is 5.92 Å². The van der Waals surface area contributed by atoms with E-state index in [4.69, 9.17) is 9.97 Å². The third-order valence-electron chi connectivity index (χ3n) is 14.3. The number of ketones is 1. The summed E-state index contributed by atoms with van der Waals surface area (Å²) in [5.74, 6) is -11.3. The smallest absolute Gasteiger partial charge is 0.305 e. The molecule has 3 aromatic rings. The highest BCUT2D eigenvalue weighted by molar-refractivity contribution is 6.13. The Morgan fingerprint density at radius 1 is 0.753 bits per heavy atom. The van der Waals surface area contributed by atoms with E-state index < -0.39 is 116 Å². The van der Waals surface area contributed by atoms with Crippen molar-refractivity contribution in [2.75, 3.05) is 13.6 Å². The summed E-state index contributed by atoms with van der Waals surface area (Å²) in [5.41, 5.74) is 12.0. The quantitative estimate of drug-likeness (QED) is 0.0646. The van der Waals surface area contributed by atoms with Crippen LogP contribution >= 0.6 is 0 Å². The van der Waals surface area contributed by atoms with E-state index >= 15 is 0 Å². The first-order valence-corrected chi connectivity index (χ1v) is 25.3. The highest BCUT2D eigenvalue weighted by Gasteiger charge is 2.37. The van der Waals surface area contributed by atoms with Crippen LogP contribution < -0.4 is 31.9 Å². The summed E-state index contributed by atoms with van der Waals surface area (Å²) in [5, 5.41) is 42.3. The highest BCUT2D eigenvalue weighted by Crippen LogP contribution is 2.44. The summed E-state index contributed by atoms with van der Waals surface area (Å²) in [6, 6.07) is -0.553. The molecule has 77 heavy (non-hydrogen) atoms. The predicted octanol–water partition coefficient (Wildman–Crippen LogP) is 3.59. The number of Topliss-reactive ketones (excluding diaryl/α,β-unsaturated/α-hetero) is 1. The van der Waals surface area contributed by atoms with E-state index in [1.165, 1.54) is 20.9 Å². The molecule has 6 amide bonds. The number of carbonyl (C=O) groups excluding carboxylic acids is 7. The molecule has 3 aromatic heterocycles. The van der Waals surface area contributed by atoms with Gasteiger partial charge in [0.15, 0.2) is 5.78 Å². The summed E-state index contributed by atoms with van der Waals surface area (Å²) in [6.07, 6.45) is -0.292. The van der Waals surface area contributed by atoms with E-state index in [-0.39, 0.29) is 36.9 Å². The molecule has 23 heteroatoms. The summed E-state index contributed by atoms with van der Waals surface area (Å²) in [7, 11) is 1.22. The van der Waals surface area contributed by atoms with Gasteiger partial charge in [-0.3, -0.25) is 52.9 Å². The standard InChI is InChI=1S/C54H66N10O13/c1-10-28-24(5)33-17-35-26(7)30(49(60-35)31-16-41(65)47-27(8)36(61-50(31)47)19-38-29(11-2)25(6)34(58-38)18-37(28)57-33)12-14-42(66)56-22-43(67)59-40(21-46(72)73)53(76)62-32(13-15-44(68)69)52(75)64-48(23(3)4)54(77)63-39(20-45(70)71)51(74)55-9/h10,17-19,23,26,30,32,39-40,48,57,61H,1,11-16,20-22H2,2-9H3,(H,55,74)(H,56,66)(H,59,67)(H,62,76)(H,63,77)(H,64,75)(H,68,69)(H,70,71)(H,72,73)/t26-,30+,32?,39?,40?,48?/m1/s1. The van der Waals surface area contributed by atoms with Gasteiger partial charge in [0, 0.05) is 77.1 Å². The number of carboxylic acid groups (broad SMARTS) is 3. The van der Waals surface area contributed by atoms with Crippen molar-refractivity contribution in [3.63, 3.8) is 0 Å². The molecule has 11 N–H and O–H groups in total. The minimum Gasteiger partial charge on any atom is -0.481 e. The molecule has 6 rings (SSSR count). The average molecular weight is 1060 g/mol. The van der Waals surface area contributed by atoms with Gasteiger partial charge in [-0.1, -0.05) is 40.3 Å². The van der Waals surface area contributed by atoms with E-state index in [1.54, 1.807) is 6.08 Å². The monoisotopic (exact) mass is 1060 g/mol.